The minimum Gasteiger partial charge on any atom is -0.357 e. The molecule has 0 aromatic heterocycles. The van der Waals surface area contributed by atoms with E-state index in [0.717, 1.165) is 34.3 Å². The molecule has 2 aromatic carbocycles. The molecular weight excluding hydrogens is 541 g/mol. The standard InChI is InChI=1S/C31H42N3O6P/c1-7-40-41(39,16-22(14-18(2)3)28(35)33-25(15-19(4)5)29(36)32-6)17-34-30(37)23-12-10-20-8-9-21-11-13-24(31(34)38)27(23)26(20)21/h10-13,18-19,22,25H,7-9,14-17H2,1-6H3,(H,32,36)(H,33,35)/t22?,25-,41?/m0/s1. The predicted molar refractivity (Wildman–Crippen MR) is 159 cm³/mol. The highest BCUT2D eigenvalue weighted by Crippen LogP contribution is 2.51. The van der Waals surface area contributed by atoms with Crippen molar-refractivity contribution in [1.29, 1.82) is 0 Å². The SMILES string of the molecule is CCOP(=O)(CC(CC(C)C)C(=O)N[C@@H](CC(C)C)C(=O)NC)CN1C(=O)c2ccc3c4c(ccc(c24)C1=O)CC3. The number of aryl methyl sites for hydroxylation is 2. The van der Waals surface area contributed by atoms with Gasteiger partial charge in [0.2, 0.25) is 19.2 Å². The third-order valence-electron chi connectivity index (χ3n) is 7.88. The molecule has 0 saturated carbocycles. The van der Waals surface area contributed by atoms with Crippen molar-refractivity contribution in [3.8, 4) is 0 Å². The summed E-state index contributed by atoms with van der Waals surface area (Å²) in [6, 6.07) is 6.66. The summed E-state index contributed by atoms with van der Waals surface area (Å²) in [5.41, 5.74) is 3.10. The maximum Gasteiger partial charge on any atom is 0.261 e. The molecule has 0 spiro atoms. The van der Waals surface area contributed by atoms with E-state index >= 15 is 0 Å². The van der Waals surface area contributed by atoms with Crippen LogP contribution in [-0.2, 0) is 31.5 Å². The lowest BCUT2D eigenvalue weighted by molar-refractivity contribution is -0.131. The maximum atomic E-state index is 14.4. The minimum atomic E-state index is -3.70. The van der Waals surface area contributed by atoms with Gasteiger partial charge in [-0.1, -0.05) is 39.8 Å². The van der Waals surface area contributed by atoms with E-state index in [0.29, 0.717) is 29.4 Å². The Labute approximate surface area is 242 Å². The summed E-state index contributed by atoms with van der Waals surface area (Å²) in [5.74, 6) is -2.18. The summed E-state index contributed by atoms with van der Waals surface area (Å²) < 4.78 is 20.2. The summed E-state index contributed by atoms with van der Waals surface area (Å²) in [7, 11) is -2.18. The molecule has 41 heavy (non-hydrogen) atoms. The van der Waals surface area contributed by atoms with Crippen LogP contribution in [0.2, 0.25) is 0 Å². The van der Waals surface area contributed by atoms with Gasteiger partial charge in [0.1, 0.15) is 12.3 Å². The van der Waals surface area contributed by atoms with Crippen molar-refractivity contribution in [3.63, 3.8) is 0 Å². The van der Waals surface area contributed by atoms with Gasteiger partial charge in [-0.3, -0.25) is 28.6 Å². The van der Waals surface area contributed by atoms with Crippen molar-refractivity contribution in [2.45, 2.75) is 66.3 Å². The van der Waals surface area contributed by atoms with E-state index in [1.54, 1.807) is 19.1 Å². The fraction of sp³-hybridized carbons (Fsp3) is 0.548. The van der Waals surface area contributed by atoms with Gasteiger partial charge in [0.25, 0.3) is 11.8 Å². The fourth-order valence-electron chi connectivity index (χ4n) is 6.13. The number of nitrogens with one attached hydrogen (secondary N) is 2. The number of carbonyl (C=O) groups excluding carboxylic acids is 4. The topological polar surface area (TPSA) is 122 Å². The second-order valence-corrected chi connectivity index (χ2v) is 14.6. The summed E-state index contributed by atoms with van der Waals surface area (Å²) in [6.07, 6.45) is 2.03. The van der Waals surface area contributed by atoms with Crippen LogP contribution in [0.15, 0.2) is 24.3 Å². The van der Waals surface area contributed by atoms with Crippen molar-refractivity contribution < 1.29 is 28.3 Å². The Morgan fingerprint density at radius 3 is 1.95 bits per heavy atom. The lowest BCUT2D eigenvalue weighted by Crippen LogP contribution is -2.49. The Morgan fingerprint density at radius 2 is 1.46 bits per heavy atom. The summed E-state index contributed by atoms with van der Waals surface area (Å²) >= 11 is 0. The molecular formula is C31H42N3O6P. The van der Waals surface area contributed by atoms with Crippen molar-refractivity contribution >= 4 is 41.8 Å². The first-order chi connectivity index (χ1) is 19.4. The number of imide groups is 1. The number of amides is 4. The monoisotopic (exact) mass is 583 g/mol. The van der Waals surface area contributed by atoms with E-state index in [1.165, 1.54) is 7.05 Å². The van der Waals surface area contributed by atoms with Gasteiger partial charge in [0.15, 0.2) is 0 Å². The molecule has 4 amide bonds. The second kappa shape index (κ2) is 12.5. The summed E-state index contributed by atoms with van der Waals surface area (Å²) in [5, 5.41) is 7.12. The lowest BCUT2D eigenvalue weighted by Gasteiger charge is -2.32. The van der Waals surface area contributed by atoms with Gasteiger partial charge < -0.3 is 15.2 Å². The molecule has 0 radical (unpaired) electrons. The molecule has 10 heteroatoms. The van der Waals surface area contributed by atoms with Crippen LogP contribution in [0.1, 0.15) is 79.3 Å². The number of rotatable bonds is 13. The molecule has 1 aliphatic carbocycles. The zero-order valence-electron chi connectivity index (χ0n) is 24.9. The zero-order chi connectivity index (χ0) is 30.1. The molecule has 0 fully saturated rings. The van der Waals surface area contributed by atoms with Gasteiger partial charge in [-0.25, -0.2) is 0 Å². The van der Waals surface area contributed by atoms with E-state index < -0.39 is 43.3 Å². The molecule has 2 aliphatic rings. The maximum absolute atomic E-state index is 14.4. The zero-order valence-corrected chi connectivity index (χ0v) is 25.8. The molecule has 9 nitrogen and oxygen atoms in total. The molecule has 222 valence electrons. The minimum absolute atomic E-state index is 0.0879. The average Bonchev–Trinajstić information content (AvgIpc) is 3.34. The van der Waals surface area contributed by atoms with E-state index in [-0.39, 0.29) is 30.5 Å². The van der Waals surface area contributed by atoms with Crippen LogP contribution in [0.4, 0.5) is 0 Å². The number of nitrogens with zero attached hydrogens (tertiary/aromatic N) is 1. The molecule has 0 bridgehead atoms. The number of benzene rings is 2. The highest BCUT2D eigenvalue weighted by molar-refractivity contribution is 7.59. The normalized spacial score (nSPS) is 17.2. The Morgan fingerprint density at radius 1 is 0.902 bits per heavy atom. The van der Waals surface area contributed by atoms with E-state index in [4.69, 9.17) is 4.52 Å². The summed E-state index contributed by atoms with van der Waals surface area (Å²) in [4.78, 5) is 54.4. The van der Waals surface area contributed by atoms with Crippen LogP contribution >= 0.6 is 7.37 Å². The largest absolute Gasteiger partial charge is 0.357 e. The number of hydrogen-bond donors (Lipinski definition) is 2. The summed E-state index contributed by atoms with van der Waals surface area (Å²) in [6.45, 7) is 9.64. The van der Waals surface area contributed by atoms with E-state index in [2.05, 4.69) is 10.6 Å². The number of carbonyl (C=O) groups is 4. The molecule has 2 unspecified atom stereocenters. The number of likely N-dealkylation sites (N-methyl/N-ethyl adjacent to an activating group) is 1. The molecule has 0 saturated heterocycles. The lowest BCUT2D eigenvalue weighted by atomic mass is 9.91. The van der Waals surface area contributed by atoms with Crippen LogP contribution in [-0.4, -0.2) is 60.7 Å². The molecule has 1 aliphatic heterocycles. The van der Waals surface area contributed by atoms with Crippen LogP contribution in [0.25, 0.3) is 10.8 Å². The first kappa shape index (κ1) is 30.9. The predicted octanol–water partition coefficient (Wildman–Crippen LogP) is 4.75. The Kier molecular flexibility index (Phi) is 9.39. The Balaban J connectivity index is 1.62. The first-order valence-electron chi connectivity index (χ1n) is 14.6. The van der Waals surface area contributed by atoms with Gasteiger partial charge in [0, 0.05) is 35.6 Å². The van der Waals surface area contributed by atoms with E-state index in [1.807, 2.05) is 39.8 Å². The van der Waals surface area contributed by atoms with Crippen LogP contribution < -0.4 is 10.6 Å². The van der Waals surface area contributed by atoms with Crippen molar-refractivity contribution in [1.82, 2.24) is 15.5 Å². The third kappa shape index (κ3) is 6.41. The van der Waals surface area contributed by atoms with Crippen LogP contribution in [0, 0.1) is 17.8 Å². The smallest absolute Gasteiger partial charge is 0.261 e. The second-order valence-electron chi connectivity index (χ2n) is 12.0. The van der Waals surface area contributed by atoms with Gasteiger partial charge in [-0.15, -0.1) is 0 Å². The molecule has 3 atom stereocenters. The number of hydrogen-bond acceptors (Lipinski definition) is 6. The van der Waals surface area contributed by atoms with Gasteiger partial charge >= 0.3 is 0 Å². The highest BCUT2D eigenvalue weighted by atomic mass is 31.2. The first-order valence-corrected chi connectivity index (χ1v) is 16.6. The molecule has 2 N–H and O–H groups in total. The van der Waals surface area contributed by atoms with Crippen molar-refractivity contribution in [3.05, 3.63) is 46.5 Å². The molecule has 4 rings (SSSR count). The van der Waals surface area contributed by atoms with Gasteiger partial charge in [0.05, 0.1) is 6.61 Å². The highest BCUT2D eigenvalue weighted by Gasteiger charge is 2.41. The molecule has 2 aromatic rings. The van der Waals surface area contributed by atoms with Gasteiger partial charge in [-0.2, -0.15) is 0 Å². The fourth-order valence-corrected chi connectivity index (χ4v) is 8.58. The van der Waals surface area contributed by atoms with Crippen molar-refractivity contribution in [2.75, 3.05) is 26.1 Å². The quantitative estimate of drug-likeness (QED) is 0.259. The van der Waals surface area contributed by atoms with Gasteiger partial charge in [-0.05, 0) is 73.1 Å². The Hall–Kier alpha value is -3.03. The average molecular weight is 584 g/mol. The molecule has 1 heterocycles. The van der Waals surface area contributed by atoms with Crippen LogP contribution in [0.5, 0.6) is 0 Å². The van der Waals surface area contributed by atoms with Crippen LogP contribution in [0.3, 0.4) is 0 Å². The van der Waals surface area contributed by atoms with Crippen molar-refractivity contribution in [2.24, 2.45) is 17.8 Å². The Bertz CT molecular complexity index is 1360. The third-order valence-corrected chi connectivity index (χ3v) is 10.3. The van der Waals surface area contributed by atoms with E-state index in [9.17, 15) is 23.7 Å².